The van der Waals surface area contributed by atoms with E-state index in [9.17, 15) is 14.4 Å². The van der Waals surface area contributed by atoms with E-state index in [2.05, 4.69) is 5.32 Å². The maximum absolute atomic E-state index is 11.3. The van der Waals surface area contributed by atoms with Gasteiger partial charge < -0.3 is 10.1 Å². The van der Waals surface area contributed by atoms with Gasteiger partial charge in [-0.2, -0.15) is 0 Å². The summed E-state index contributed by atoms with van der Waals surface area (Å²) < 4.78 is 5.07. The van der Waals surface area contributed by atoms with Crippen LogP contribution < -0.4 is 5.32 Å². The number of hydrogen-bond acceptors (Lipinski definition) is 5. The smallest absolute Gasteiger partial charge is 0.407 e. The number of alkyl carbamates (subject to hydrolysis) is 1. The molecule has 1 amide bonds. The van der Waals surface area contributed by atoms with Gasteiger partial charge in [0.2, 0.25) is 0 Å². The van der Waals surface area contributed by atoms with Crippen LogP contribution in [0.5, 0.6) is 0 Å². The first-order valence-corrected chi connectivity index (χ1v) is 6.81. The molecule has 1 fully saturated rings. The highest BCUT2D eigenvalue weighted by molar-refractivity contribution is 8.26. The molecule has 18 heavy (non-hydrogen) atoms. The van der Waals surface area contributed by atoms with Crippen molar-refractivity contribution in [2.45, 2.75) is 45.6 Å². The zero-order valence-electron chi connectivity index (χ0n) is 10.9. The lowest BCUT2D eigenvalue weighted by atomic mass is 10.0. The van der Waals surface area contributed by atoms with Crippen LogP contribution in [0.4, 0.5) is 4.79 Å². The van der Waals surface area contributed by atoms with Crippen LogP contribution >= 0.6 is 11.8 Å². The van der Waals surface area contributed by atoms with Gasteiger partial charge in [-0.15, -0.1) is 0 Å². The molecule has 1 aliphatic heterocycles. The molecule has 102 valence electrons. The van der Waals surface area contributed by atoms with Crippen LogP contribution in [0, 0.1) is 5.92 Å². The lowest BCUT2D eigenvalue weighted by molar-refractivity contribution is -0.115. The van der Waals surface area contributed by atoms with Gasteiger partial charge in [0.25, 0.3) is 0 Å². The normalized spacial score (nSPS) is 20.1. The summed E-state index contributed by atoms with van der Waals surface area (Å²) in [5.41, 5.74) is -0.505. The Morgan fingerprint density at radius 2 is 2.11 bits per heavy atom. The van der Waals surface area contributed by atoms with Gasteiger partial charge in [0.1, 0.15) is 5.60 Å². The number of nitrogens with one attached hydrogen (secondary N) is 1. The van der Waals surface area contributed by atoms with Crippen LogP contribution in [-0.2, 0) is 14.3 Å². The number of carbonyl (C=O) groups is 3. The summed E-state index contributed by atoms with van der Waals surface area (Å²) in [6.45, 7) is 5.85. The molecule has 5 nitrogen and oxygen atoms in total. The minimum Gasteiger partial charge on any atom is -0.444 e. The van der Waals surface area contributed by atoms with Crippen molar-refractivity contribution in [2.24, 2.45) is 5.92 Å². The minimum absolute atomic E-state index is 0.0442. The van der Waals surface area contributed by atoms with E-state index in [0.29, 0.717) is 25.8 Å². The Morgan fingerprint density at radius 1 is 1.44 bits per heavy atom. The van der Waals surface area contributed by atoms with Crippen LogP contribution in [-0.4, -0.2) is 28.5 Å². The van der Waals surface area contributed by atoms with Crippen molar-refractivity contribution in [3.05, 3.63) is 0 Å². The number of ether oxygens (including phenoxy) is 1. The maximum Gasteiger partial charge on any atom is 0.407 e. The van der Waals surface area contributed by atoms with Crippen LogP contribution in [0.15, 0.2) is 0 Å². The number of carbonyl (C=O) groups excluding carboxylic acids is 3. The standard InChI is InChI=1S/C12H19NO4S/c1-12(2,3)17-11(16)13-6-4-5-8-7-9(14)18-10(8)15/h8H,4-7H2,1-3H3,(H,13,16). The molecule has 1 saturated heterocycles. The molecule has 0 aromatic rings. The Morgan fingerprint density at radius 3 is 2.61 bits per heavy atom. The van der Waals surface area contributed by atoms with Gasteiger partial charge in [0.05, 0.1) is 0 Å². The summed E-state index contributed by atoms with van der Waals surface area (Å²) in [5.74, 6) is -0.178. The van der Waals surface area contributed by atoms with E-state index in [0.717, 1.165) is 11.8 Å². The zero-order chi connectivity index (χ0) is 13.8. The maximum atomic E-state index is 11.3. The van der Waals surface area contributed by atoms with Gasteiger partial charge in [-0.3, -0.25) is 9.59 Å². The average molecular weight is 273 g/mol. The van der Waals surface area contributed by atoms with Crippen molar-refractivity contribution < 1.29 is 19.1 Å². The lowest BCUT2D eigenvalue weighted by Gasteiger charge is -2.19. The Labute approximate surface area is 111 Å². The van der Waals surface area contributed by atoms with E-state index in [-0.39, 0.29) is 16.1 Å². The molecular formula is C12H19NO4S. The fraction of sp³-hybridized carbons (Fsp3) is 0.750. The van der Waals surface area contributed by atoms with Crippen molar-refractivity contribution >= 4 is 28.1 Å². The van der Waals surface area contributed by atoms with Gasteiger partial charge in [-0.1, -0.05) is 0 Å². The highest BCUT2D eigenvalue weighted by atomic mass is 32.2. The second-order valence-electron chi connectivity index (χ2n) is 5.27. The van der Waals surface area contributed by atoms with Crippen LogP contribution in [0.1, 0.15) is 40.0 Å². The van der Waals surface area contributed by atoms with E-state index in [4.69, 9.17) is 4.74 Å². The quantitative estimate of drug-likeness (QED) is 0.794. The van der Waals surface area contributed by atoms with Crippen LogP contribution in [0.3, 0.4) is 0 Å². The van der Waals surface area contributed by atoms with Gasteiger partial charge in [-0.25, -0.2) is 4.79 Å². The molecule has 1 aliphatic rings. The molecule has 1 atom stereocenters. The van der Waals surface area contributed by atoms with Crippen LogP contribution in [0.25, 0.3) is 0 Å². The fourth-order valence-corrected chi connectivity index (χ4v) is 2.47. The summed E-state index contributed by atoms with van der Waals surface area (Å²) in [4.78, 5) is 33.7. The summed E-state index contributed by atoms with van der Waals surface area (Å²) in [6, 6.07) is 0. The van der Waals surface area contributed by atoms with Crippen LogP contribution in [0.2, 0.25) is 0 Å². The van der Waals surface area contributed by atoms with E-state index in [1.165, 1.54) is 0 Å². The highest BCUT2D eigenvalue weighted by Gasteiger charge is 2.31. The summed E-state index contributed by atoms with van der Waals surface area (Å²) >= 11 is 0.811. The first-order valence-electron chi connectivity index (χ1n) is 5.99. The molecule has 0 aromatic carbocycles. The summed E-state index contributed by atoms with van der Waals surface area (Å²) in [5, 5.41) is 2.53. The monoisotopic (exact) mass is 273 g/mol. The second kappa shape index (κ2) is 6.22. The average Bonchev–Trinajstić information content (AvgIpc) is 2.49. The van der Waals surface area contributed by atoms with Crippen molar-refractivity contribution in [3.8, 4) is 0 Å². The predicted octanol–water partition coefficient (Wildman–Crippen LogP) is 2.10. The number of amides is 1. The second-order valence-corrected chi connectivity index (χ2v) is 6.33. The van der Waals surface area contributed by atoms with E-state index in [1.807, 2.05) is 0 Å². The molecular weight excluding hydrogens is 254 g/mol. The van der Waals surface area contributed by atoms with Crippen molar-refractivity contribution in [1.29, 1.82) is 0 Å². The minimum atomic E-state index is -0.505. The Balaban J connectivity index is 2.14. The molecule has 1 unspecified atom stereocenters. The van der Waals surface area contributed by atoms with Crippen molar-refractivity contribution in [1.82, 2.24) is 5.32 Å². The predicted molar refractivity (Wildman–Crippen MR) is 69.2 cm³/mol. The molecule has 6 heteroatoms. The Hall–Kier alpha value is -1.04. The number of hydrogen-bond donors (Lipinski definition) is 1. The summed E-state index contributed by atoms with van der Waals surface area (Å²) in [6.07, 6.45) is 1.18. The Bertz CT molecular complexity index is 348. The number of rotatable bonds is 4. The molecule has 1 heterocycles. The molecule has 0 radical (unpaired) electrons. The first kappa shape index (κ1) is 15.0. The third-order valence-corrected chi connectivity index (χ3v) is 3.29. The fourth-order valence-electron chi connectivity index (χ4n) is 1.59. The van der Waals surface area contributed by atoms with E-state index < -0.39 is 11.7 Å². The van der Waals surface area contributed by atoms with Gasteiger partial charge in [0.15, 0.2) is 10.2 Å². The molecule has 0 spiro atoms. The van der Waals surface area contributed by atoms with Crippen molar-refractivity contribution in [2.75, 3.05) is 6.54 Å². The van der Waals surface area contributed by atoms with E-state index in [1.54, 1.807) is 20.8 Å². The first-order chi connectivity index (χ1) is 8.28. The SMILES string of the molecule is CC(C)(C)OC(=O)NCCCC1CC(=O)SC1=O. The molecule has 1 N–H and O–H groups in total. The third-order valence-electron chi connectivity index (χ3n) is 2.36. The lowest BCUT2D eigenvalue weighted by Crippen LogP contribution is -2.33. The molecule has 0 aromatic heterocycles. The van der Waals surface area contributed by atoms with Crippen molar-refractivity contribution in [3.63, 3.8) is 0 Å². The Kier molecular flexibility index (Phi) is 5.19. The third kappa shape index (κ3) is 5.53. The van der Waals surface area contributed by atoms with Gasteiger partial charge in [0, 0.05) is 18.9 Å². The highest BCUT2D eigenvalue weighted by Crippen LogP contribution is 2.30. The van der Waals surface area contributed by atoms with Gasteiger partial charge >= 0.3 is 6.09 Å². The topological polar surface area (TPSA) is 72.5 Å². The number of thioether (sulfide) groups is 1. The zero-order valence-corrected chi connectivity index (χ0v) is 11.8. The van der Waals surface area contributed by atoms with Gasteiger partial charge in [-0.05, 0) is 45.4 Å². The molecule has 0 bridgehead atoms. The summed E-state index contributed by atoms with van der Waals surface area (Å²) in [7, 11) is 0. The van der Waals surface area contributed by atoms with E-state index >= 15 is 0 Å². The molecule has 0 aliphatic carbocycles. The molecule has 1 rings (SSSR count). The largest absolute Gasteiger partial charge is 0.444 e. The molecule has 0 saturated carbocycles.